The summed E-state index contributed by atoms with van der Waals surface area (Å²) in [4.78, 5) is 25.4. The summed E-state index contributed by atoms with van der Waals surface area (Å²) < 4.78 is 18.2. The summed E-state index contributed by atoms with van der Waals surface area (Å²) in [6.07, 6.45) is 18.0. The van der Waals surface area contributed by atoms with Crippen LogP contribution in [0.3, 0.4) is 0 Å². The van der Waals surface area contributed by atoms with Gasteiger partial charge in [0.2, 0.25) is 0 Å². The van der Waals surface area contributed by atoms with Gasteiger partial charge < -0.3 is 9.64 Å². The van der Waals surface area contributed by atoms with Crippen molar-refractivity contribution < 1.29 is 18.7 Å². The molecule has 0 saturated heterocycles. The number of benzene rings is 1. The van der Waals surface area contributed by atoms with Gasteiger partial charge in [0.05, 0.1) is 6.61 Å². The Morgan fingerprint density at radius 2 is 1.23 bits per heavy atom. The van der Waals surface area contributed by atoms with Gasteiger partial charge >= 0.3 is 5.97 Å². The van der Waals surface area contributed by atoms with Gasteiger partial charge in [0, 0.05) is 12.6 Å². The smallest absolute Gasteiger partial charge is 0.325 e. The monoisotopic (exact) mass is 435 g/mol. The average Bonchev–Trinajstić information content (AvgIpc) is 2.76. The molecule has 176 valence electrons. The van der Waals surface area contributed by atoms with Crippen LogP contribution in [0.15, 0.2) is 24.3 Å². The van der Waals surface area contributed by atoms with Crippen LogP contribution >= 0.6 is 0 Å². The maximum atomic E-state index is 12.9. The second kappa shape index (κ2) is 17.7. The van der Waals surface area contributed by atoms with Gasteiger partial charge in [-0.1, -0.05) is 90.4 Å². The van der Waals surface area contributed by atoms with Crippen molar-refractivity contribution in [3.05, 3.63) is 35.6 Å². The molecule has 0 atom stereocenters. The Morgan fingerprint density at radius 3 is 1.71 bits per heavy atom. The van der Waals surface area contributed by atoms with Gasteiger partial charge in [-0.15, -0.1) is 0 Å². The fourth-order valence-corrected chi connectivity index (χ4v) is 3.61. The SMILES string of the molecule is CCCCCCCCCCCCCCCCOC(=O)CN(C)C(=O)c1ccc(F)cc1. The molecule has 0 radical (unpaired) electrons. The molecule has 0 spiro atoms. The van der Waals surface area contributed by atoms with Crippen molar-refractivity contribution in [3.8, 4) is 0 Å². The lowest BCUT2D eigenvalue weighted by Gasteiger charge is -2.16. The first-order valence-electron chi connectivity index (χ1n) is 12.2. The Labute approximate surface area is 188 Å². The Hall–Kier alpha value is -1.91. The zero-order chi connectivity index (χ0) is 22.7. The molecule has 5 heteroatoms. The molecule has 0 aliphatic carbocycles. The Balaban J connectivity index is 1.93. The van der Waals surface area contributed by atoms with Crippen molar-refractivity contribution >= 4 is 11.9 Å². The number of likely N-dealkylation sites (N-methyl/N-ethyl adjacent to an activating group) is 1. The van der Waals surface area contributed by atoms with Gasteiger partial charge in [-0.05, 0) is 30.7 Å². The zero-order valence-corrected chi connectivity index (χ0v) is 19.7. The highest BCUT2D eigenvalue weighted by atomic mass is 19.1. The molecular formula is C26H42FNO3. The van der Waals surface area contributed by atoms with E-state index >= 15 is 0 Å². The van der Waals surface area contributed by atoms with Crippen LogP contribution in [0, 0.1) is 5.82 Å². The molecule has 0 fully saturated rings. The minimum atomic E-state index is -0.410. The van der Waals surface area contributed by atoms with Crippen LogP contribution in [0.1, 0.15) is 107 Å². The first kappa shape index (κ1) is 27.1. The first-order chi connectivity index (χ1) is 15.0. The maximum absolute atomic E-state index is 12.9. The molecular weight excluding hydrogens is 393 g/mol. The number of hydrogen-bond donors (Lipinski definition) is 0. The normalized spacial score (nSPS) is 10.8. The van der Waals surface area contributed by atoms with Gasteiger partial charge in [0.15, 0.2) is 0 Å². The molecule has 0 bridgehead atoms. The van der Waals surface area contributed by atoms with Gasteiger partial charge in [0.1, 0.15) is 12.4 Å². The quantitative estimate of drug-likeness (QED) is 0.186. The number of carbonyl (C=O) groups is 2. The predicted octanol–water partition coefficient (Wildman–Crippen LogP) is 6.92. The van der Waals surface area contributed by atoms with E-state index < -0.39 is 11.8 Å². The average molecular weight is 436 g/mol. The number of ether oxygens (including phenoxy) is 1. The van der Waals surface area contributed by atoms with Crippen molar-refractivity contribution in [1.29, 1.82) is 0 Å². The number of hydrogen-bond acceptors (Lipinski definition) is 3. The van der Waals surface area contributed by atoms with Crippen molar-refractivity contribution in [3.63, 3.8) is 0 Å². The molecule has 1 aromatic carbocycles. The minimum absolute atomic E-state index is 0.102. The van der Waals surface area contributed by atoms with E-state index in [0.29, 0.717) is 12.2 Å². The van der Waals surface area contributed by atoms with Crippen LogP contribution in [0.25, 0.3) is 0 Å². The number of unbranched alkanes of at least 4 members (excludes halogenated alkanes) is 13. The van der Waals surface area contributed by atoms with E-state index in [4.69, 9.17) is 4.74 Å². The Bertz CT molecular complexity index is 603. The fourth-order valence-electron chi connectivity index (χ4n) is 3.61. The van der Waals surface area contributed by atoms with Crippen LogP contribution in [0.5, 0.6) is 0 Å². The van der Waals surface area contributed by atoms with Crippen molar-refractivity contribution in [1.82, 2.24) is 4.90 Å². The third-order valence-electron chi connectivity index (χ3n) is 5.57. The summed E-state index contributed by atoms with van der Waals surface area (Å²) in [5, 5.41) is 0. The number of halogens is 1. The van der Waals surface area contributed by atoms with Crippen LogP contribution < -0.4 is 0 Å². The fraction of sp³-hybridized carbons (Fsp3) is 0.692. The predicted molar refractivity (Wildman–Crippen MR) is 125 cm³/mol. The summed E-state index contributed by atoms with van der Waals surface area (Å²) in [7, 11) is 1.54. The van der Waals surface area contributed by atoms with Gasteiger partial charge in [-0.25, -0.2) is 4.39 Å². The first-order valence-corrected chi connectivity index (χ1v) is 12.2. The lowest BCUT2D eigenvalue weighted by atomic mass is 10.0. The zero-order valence-electron chi connectivity index (χ0n) is 19.7. The van der Waals surface area contributed by atoms with E-state index in [0.717, 1.165) is 12.8 Å². The molecule has 0 aliphatic rings. The van der Waals surface area contributed by atoms with Gasteiger partial charge in [-0.3, -0.25) is 9.59 Å². The van der Waals surface area contributed by atoms with Crippen LogP contribution in [-0.2, 0) is 9.53 Å². The van der Waals surface area contributed by atoms with E-state index in [1.165, 1.54) is 106 Å². The third kappa shape index (κ3) is 13.9. The molecule has 0 heterocycles. The highest BCUT2D eigenvalue weighted by Gasteiger charge is 2.15. The summed E-state index contributed by atoms with van der Waals surface area (Å²) in [6, 6.07) is 5.28. The van der Waals surface area contributed by atoms with Crippen LogP contribution in [0.2, 0.25) is 0 Å². The molecule has 1 rings (SSSR count). The van der Waals surface area contributed by atoms with E-state index in [1.807, 2.05) is 0 Å². The molecule has 0 aliphatic heterocycles. The van der Waals surface area contributed by atoms with E-state index in [9.17, 15) is 14.0 Å². The molecule has 4 nitrogen and oxygen atoms in total. The van der Waals surface area contributed by atoms with E-state index in [1.54, 1.807) is 7.05 Å². The lowest BCUT2D eigenvalue weighted by molar-refractivity contribution is -0.144. The molecule has 0 unspecified atom stereocenters. The summed E-state index contributed by atoms with van der Waals surface area (Å²) in [6.45, 7) is 2.55. The van der Waals surface area contributed by atoms with Crippen LogP contribution in [0.4, 0.5) is 4.39 Å². The summed E-state index contributed by atoms with van der Waals surface area (Å²) in [5.74, 6) is -1.13. The highest BCUT2D eigenvalue weighted by Crippen LogP contribution is 2.13. The molecule has 0 saturated carbocycles. The molecule has 1 amide bonds. The van der Waals surface area contributed by atoms with Crippen molar-refractivity contribution in [2.45, 2.75) is 96.8 Å². The molecule has 1 aromatic rings. The lowest BCUT2D eigenvalue weighted by Crippen LogP contribution is -2.33. The maximum Gasteiger partial charge on any atom is 0.325 e. The number of carbonyl (C=O) groups excluding carboxylic acids is 2. The largest absolute Gasteiger partial charge is 0.464 e. The van der Waals surface area contributed by atoms with Gasteiger partial charge in [0.25, 0.3) is 5.91 Å². The van der Waals surface area contributed by atoms with E-state index in [2.05, 4.69) is 6.92 Å². The standard InChI is InChI=1S/C26H42FNO3/c1-3-4-5-6-7-8-9-10-11-12-13-14-15-16-21-31-25(29)22-28(2)26(30)23-17-19-24(27)20-18-23/h17-20H,3-16,21-22H2,1-2H3. The van der Waals surface area contributed by atoms with Gasteiger partial charge in [-0.2, -0.15) is 0 Å². The van der Waals surface area contributed by atoms with Crippen LogP contribution in [-0.4, -0.2) is 37.0 Å². The minimum Gasteiger partial charge on any atom is -0.464 e. The van der Waals surface area contributed by atoms with Crippen molar-refractivity contribution in [2.24, 2.45) is 0 Å². The number of nitrogens with zero attached hydrogens (tertiary/aromatic N) is 1. The van der Waals surface area contributed by atoms with Crippen molar-refractivity contribution in [2.75, 3.05) is 20.2 Å². The number of amides is 1. The summed E-state index contributed by atoms with van der Waals surface area (Å²) >= 11 is 0. The molecule has 0 aromatic heterocycles. The molecule has 0 N–H and O–H groups in total. The number of rotatable bonds is 18. The molecule has 31 heavy (non-hydrogen) atoms. The topological polar surface area (TPSA) is 46.6 Å². The summed E-state index contributed by atoms with van der Waals surface area (Å²) in [5.41, 5.74) is 0.351. The third-order valence-corrected chi connectivity index (χ3v) is 5.57. The Kier molecular flexibility index (Phi) is 15.5. The number of esters is 1. The Morgan fingerprint density at radius 1 is 0.774 bits per heavy atom. The van der Waals surface area contributed by atoms with E-state index in [-0.39, 0.29) is 12.5 Å². The second-order valence-corrected chi connectivity index (χ2v) is 8.48. The highest BCUT2D eigenvalue weighted by molar-refractivity contribution is 5.95. The second-order valence-electron chi connectivity index (χ2n) is 8.48.